The van der Waals surface area contributed by atoms with E-state index < -0.39 is 63.5 Å². The predicted molar refractivity (Wildman–Crippen MR) is 113 cm³/mol. The third-order valence-corrected chi connectivity index (χ3v) is 5.53. The molecule has 188 valence electrons. The second kappa shape index (κ2) is 8.10. The molecule has 0 saturated carbocycles. The number of hydrogen-bond donors (Lipinski definition) is 3. The molecule has 0 fully saturated rings. The standard InChI is InChI=1S/C22H14F6N4O4/c1-10-5-7-13(8-6-10)32-15-14(17(34)30-19(32)36)20(18(35)29-15,22(26,27)28)31-16(33)11-3-2-4-12(9-11)21(23,24)25/h2-9H,1H3,(H,29,35)(H,31,33)(H,30,34,36)/t20-/m0/s1. The highest BCUT2D eigenvalue weighted by molar-refractivity contribution is 6.09. The Bertz CT molecular complexity index is 1510. The number of hydrogen-bond acceptors (Lipinski definition) is 4. The van der Waals surface area contributed by atoms with Crippen LogP contribution in [-0.2, 0) is 16.5 Å². The van der Waals surface area contributed by atoms with Crippen LogP contribution in [0.2, 0.25) is 0 Å². The van der Waals surface area contributed by atoms with Gasteiger partial charge >= 0.3 is 18.0 Å². The number of aryl methyl sites for hydroxylation is 1. The van der Waals surface area contributed by atoms with E-state index in [4.69, 9.17) is 0 Å². The van der Waals surface area contributed by atoms with Gasteiger partial charge in [0.2, 0.25) is 0 Å². The molecule has 8 nitrogen and oxygen atoms in total. The maximum atomic E-state index is 14.5. The Labute approximate surface area is 196 Å². The summed E-state index contributed by atoms with van der Waals surface area (Å²) in [5, 5.41) is 3.24. The lowest BCUT2D eigenvalue weighted by molar-refractivity contribution is -0.196. The van der Waals surface area contributed by atoms with Gasteiger partial charge in [0.05, 0.1) is 11.3 Å². The van der Waals surface area contributed by atoms with Gasteiger partial charge in [-0.2, -0.15) is 26.3 Å². The molecule has 0 spiro atoms. The fraction of sp³-hybridized carbons (Fsp3) is 0.182. The van der Waals surface area contributed by atoms with Gasteiger partial charge in [0.1, 0.15) is 11.4 Å². The SMILES string of the molecule is Cc1ccc(-n2c3c(c(=O)[nH]c2=O)[C@@](NC(=O)c2cccc(C(F)(F)F)c2)(C(F)(F)F)C(=O)N3)cc1. The molecule has 0 saturated heterocycles. The molecule has 0 aliphatic carbocycles. The second-order valence-electron chi connectivity index (χ2n) is 7.89. The summed E-state index contributed by atoms with van der Waals surface area (Å²) in [7, 11) is 0. The smallest absolute Gasteiger partial charge is 0.326 e. The van der Waals surface area contributed by atoms with E-state index >= 15 is 0 Å². The first kappa shape index (κ1) is 24.8. The minimum Gasteiger partial charge on any atom is -0.326 e. The minimum absolute atomic E-state index is 0.0134. The molecule has 1 aliphatic heterocycles. The van der Waals surface area contributed by atoms with Gasteiger partial charge in [-0.15, -0.1) is 0 Å². The third-order valence-electron chi connectivity index (χ3n) is 5.53. The quantitative estimate of drug-likeness (QED) is 0.469. The van der Waals surface area contributed by atoms with Crippen LogP contribution in [0.25, 0.3) is 5.69 Å². The summed E-state index contributed by atoms with van der Waals surface area (Å²) in [5.41, 5.74) is -9.61. The number of anilines is 1. The van der Waals surface area contributed by atoms with Crippen LogP contribution in [0.3, 0.4) is 0 Å². The third kappa shape index (κ3) is 3.83. The van der Waals surface area contributed by atoms with E-state index in [0.29, 0.717) is 16.7 Å². The number of halogens is 6. The molecule has 0 bridgehead atoms. The van der Waals surface area contributed by atoms with Crippen LogP contribution >= 0.6 is 0 Å². The molecule has 1 aliphatic rings. The summed E-state index contributed by atoms with van der Waals surface area (Å²) in [6, 6.07) is 8.21. The molecule has 4 rings (SSSR count). The lowest BCUT2D eigenvalue weighted by atomic mass is 9.91. The van der Waals surface area contributed by atoms with Gasteiger partial charge in [0.25, 0.3) is 22.9 Å². The highest BCUT2D eigenvalue weighted by Crippen LogP contribution is 2.45. The van der Waals surface area contributed by atoms with E-state index in [1.54, 1.807) is 11.9 Å². The molecule has 36 heavy (non-hydrogen) atoms. The predicted octanol–water partition coefficient (Wildman–Crippen LogP) is 2.99. The fourth-order valence-electron chi connectivity index (χ4n) is 3.80. The van der Waals surface area contributed by atoms with Crippen molar-refractivity contribution in [2.75, 3.05) is 5.32 Å². The minimum atomic E-state index is -5.65. The molecule has 2 aromatic carbocycles. The number of carbonyl (C=O) groups excluding carboxylic acids is 2. The highest BCUT2D eigenvalue weighted by atomic mass is 19.4. The molecule has 0 radical (unpaired) electrons. The molecular formula is C22H14F6N4O4. The van der Waals surface area contributed by atoms with Gasteiger partial charge in [-0.25, -0.2) is 9.36 Å². The lowest BCUT2D eigenvalue weighted by Crippen LogP contribution is -2.62. The molecule has 2 heterocycles. The molecule has 14 heteroatoms. The van der Waals surface area contributed by atoms with Crippen LogP contribution < -0.4 is 21.9 Å². The zero-order chi connectivity index (χ0) is 26.6. The zero-order valence-corrected chi connectivity index (χ0v) is 18.0. The number of aromatic nitrogens is 2. The van der Waals surface area contributed by atoms with Crippen molar-refractivity contribution in [3.8, 4) is 5.69 Å². The summed E-state index contributed by atoms with van der Waals surface area (Å²) in [6.45, 7) is 1.70. The van der Waals surface area contributed by atoms with Crippen molar-refractivity contribution in [3.05, 3.63) is 91.6 Å². The first-order valence-electron chi connectivity index (χ1n) is 10.0. The van der Waals surface area contributed by atoms with Crippen molar-refractivity contribution in [1.82, 2.24) is 14.9 Å². The normalized spacial score (nSPS) is 17.5. The molecule has 1 aromatic heterocycles. The van der Waals surface area contributed by atoms with Gasteiger partial charge in [-0.1, -0.05) is 23.8 Å². The first-order valence-corrected chi connectivity index (χ1v) is 10.0. The fourth-order valence-corrected chi connectivity index (χ4v) is 3.80. The Morgan fingerprint density at radius 1 is 0.972 bits per heavy atom. The molecule has 0 unspecified atom stereocenters. The molecule has 3 aromatic rings. The van der Waals surface area contributed by atoms with E-state index in [2.05, 4.69) is 0 Å². The topological polar surface area (TPSA) is 113 Å². The summed E-state index contributed by atoms with van der Waals surface area (Å²) >= 11 is 0. The van der Waals surface area contributed by atoms with Crippen LogP contribution in [0.4, 0.5) is 32.2 Å². The van der Waals surface area contributed by atoms with E-state index in [-0.39, 0.29) is 5.69 Å². The number of benzene rings is 2. The van der Waals surface area contributed by atoms with Crippen molar-refractivity contribution >= 4 is 17.6 Å². The van der Waals surface area contributed by atoms with Crippen molar-refractivity contribution in [2.45, 2.75) is 24.8 Å². The first-order chi connectivity index (χ1) is 16.7. The number of rotatable bonds is 3. The van der Waals surface area contributed by atoms with Gasteiger partial charge < -0.3 is 10.6 Å². The highest BCUT2D eigenvalue weighted by Gasteiger charge is 2.68. The number of nitrogens with zero attached hydrogens (tertiary/aromatic N) is 1. The largest absolute Gasteiger partial charge is 0.425 e. The van der Waals surface area contributed by atoms with Crippen molar-refractivity contribution in [1.29, 1.82) is 0 Å². The van der Waals surface area contributed by atoms with Crippen LogP contribution in [0.15, 0.2) is 58.1 Å². The van der Waals surface area contributed by atoms with Crippen LogP contribution in [0.5, 0.6) is 0 Å². The Morgan fingerprint density at radius 3 is 2.19 bits per heavy atom. The zero-order valence-electron chi connectivity index (χ0n) is 18.0. The summed E-state index contributed by atoms with van der Waals surface area (Å²) in [4.78, 5) is 52.3. The Morgan fingerprint density at radius 2 is 1.61 bits per heavy atom. The summed E-state index contributed by atoms with van der Waals surface area (Å²) in [6.07, 6.45) is -10.6. The average molecular weight is 512 g/mol. The second-order valence-corrected chi connectivity index (χ2v) is 7.89. The molecule has 2 amide bonds. The van der Waals surface area contributed by atoms with E-state index in [0.717, 1.165) is 17.7 Å². The van der Waals surface area contributed by atoms with E-state index in [1.165, 1.54) is 29.6 Å². The van der Waals surface area contributed by atoms with E-state index in [1.807, 2.05) is 5.32 Å². The summed E-state index contributed by atoms with van der Waals surface area (Å²) in [5.74, 6) is -4.49. The number of H-pyrrole nitrogens is 1. The van der Waals surface area contributed by atoms with Gasteiger partial charge in [0.15, 0.2) is 0 Å². The number of fused-ring (bicyclic) bond motifs is 1. The Kier molecular flexibility index (Phi) is 5.57. The van der Waals surface area contributed by atoms with Crippen LogP contribution in [0, 0.1) is 6.92 Å². The van der Waals surface area contributed by atoms with E-state index in [9.17, 15) is 45.5 Å². The number of nitrogens with one attached hydrogen (secondary N) is 3. The number of carbonyl (C=O) groups is 2. The van der Waals surface area contributed by atoms with Gasteiger partial charge in [-0.05, 0) is 37.3 Å². The number of aromatic amines is 1. The van der Waals surface area contributed by atoms with Crippen LogP contribution in [-0.4, -0.2) is 27.5 Å². The molecular weight excluding hydrogens is 498 g/mol. The molecule has 1 atom stereocenters. The van der Waals surface area contributed by atoms with Crippen molar-refractivity contribution in [2.24, 2.45) is 0 Å². The van der Waals surface area contributed by atoms with Gasteiger partial charge in [0, 0.05) is 5.56 Å². The molecule has 3 N–H and O–H groups in total. The summed E-state index contributed by atoms with van der Waals surface area (Å²) < 4.78 is 83.1. The average Bonchev–Trinajstić information content (AvgIpc) is 3.07. The van der Waals surface area contributed by atoms with Crippen molar-refractivity contribution < 1.29 is 35.9 Å². The number of amides is 2. The maximum Gasteiger partial charge on any atom is 0.425 e. The van der Waals surface area contributed by atoms with Crippen LogP contribution in [0.1, 0.15) is 27.0 Å². The Hall–Kier alpha value is -4.36. The lowest BCUT2D eigenvalue weighted by Gasteiger charge is -2.30. The number of alkyl halides is 6. The van der Waals surface area contributed by atoms with Crippen molar-refractivity contribution in [3.63, 3.8) is 0 Å². The maximum absolute atomic E-state index is 14.5. The Balaban J connectivity index is 1.93. The monoisotopic (exact) mass is 512 g/mol. The van der Waals surface area contributed by atoms with Gasteiger partial charge in [-0.3, -0.25) is 19.4 Å².